The zero-order valence-electron chi connectivity index (χ0n) is 17.7. The average Bonchev–Trinajstić information content (AvgIpc) is 3.29. The summed E-state index contributed by atoms with van der Waals surface area (Å²) >= 11 is 0. The molecule has 2 unspecified atom stereocenters. The van der Waals surface area contributed by atoms with Gasteiger partial charge >= 0.3 is 0 Å². The second-order valence-corrected chi connectivity index (χ2v) is 10.6. The minimum absolute atomic E-state index is 0.00293. The number of ether oxygens (including phenoxy) is 1. The summed E-state index contributed by atoms with van der Waals surface area (Å²) in [6.45, 7) is 2.55. The predicted molar refractivity (Wildman–Crippen MR) is 120 cm³/mol. The number of pyridine rings is 1. The maximum Gasteiger partial charge on any atom is 0.0975 e. The Kier molecular flexibility index (Phi) is 3.34. The van der Waals surface area contributed by atoms with Gasteiger partial charge in [-0.15, -0.1) is 0 Å². The predicted octanol–water partition coefficient (Wildman–Crippen LogP) is 6.64. The van der Waals surface area contributed by atoms with Gasteiger partial charge in [0.15, 0.2) is 0 Å². The first kappa shape index (κ1) is 17.5. The van der Waals surface area contributed by atoms with Crippen molar-refractivity contribution in [1.29, 1.82) is 0 Å². The van der Waals surface area contributed by atoms with Crippen LogP contribution in [0.4, 0.5) is 0 Å². The lowest BCUT2D eigenvalue weighted by Gasteiger charge is -2.53. The Morgan fingerprint density at radius 2 is 2.00 bits per heavy atom. The van der Waals surface area contributed by atoms with Crippen LogP contribution in [0.5, 0.6) is 0 Å². The van der Waals surface area contributed by atoms with Crippen LogP contribution < -0.4 is 0 Å². The second-order valence-electron chi connectivity index (χ2n) is 10.6. The van der Waals surface area contributed by atoms with Crippen LogP contribution in [0.25, 0.3) is 10.8 Å². The highest BCUT2D eigenvalue weighted by Gasteiger charge is 2.65. The summed E-state index contributed by atoms with van der Waals surface area (Å²) in [6.07, 6.45) is 22.0. The largest absolute Gasteiger partial charge is 0.359 e. The Hall–Kier alpha value is -2.19. The molecule has 2 aromatic rings. The molecule has 2 fully saturated rings. The molecule has 2 bridgehead atoms. The molecule has 2 nitrogen and oxygen atoms in total. The molecule has 30 heavy (non-hydrogen) atoms. The van der Waals surface area contributed by atoms with Crippen molar-refractivity contribution < 1.29 is 4.74 Å². The zero-order chi connectivity index (χ0) is 20.0. The van der Waals surface area contributed by atoms with Crippen molar-refractivity contribution in [2.45, 2.75) is 69.0 Å². The highest BCUT2D eigenvalue weighted by atomic mass is 16.5. The van der Waals surface area contributed by atoms with Gasteiger partial charge in [0.2, 0.25) is 0 Å². The summed E-state index contributed by atoms with van der Waals surface area (Å²) in [5, 5.41) is 2.55. The summed E-state index contributed by atoms with van der Waals surface area (Å²) in [5.74, 6) is 1.21. The molecule has 1 saturated heterocycles. The Morgan fingerprint density at radius 1 is 1.03 bits per heavy atom. The number of aromatic nitrogens is 1. The third-order valence-corrected chi connectivity index (χ3v) is 9.34. The van der Waals surface area contributed by atoms with Gasteiger partial charge in [-0.1, -0.05) is 43.4 Å². The molecule has 0 radical (unpaired) electrons. The number of allylic oxidation sites excluding steroid dienone is 2. The first-order valence-electron chi connectivity index (χ1n) is 11.8. The van der Waals surface area contributed by atoms with Crippen molar-refractivity contribution in [2.24, 2.45) is 11.3 Å². The summed E-state index contributed by atoms with van der Waals surface area (Å²) < 4.78 is 7.22. The Balaban J connectivity index is 1.33. The average molecular weight is 396 g/mol. The molecule has 1 saturated carbocycles. The maximum absolute atomic E-state index is 7.22. The summed E-state index contributed by atoms with van der Waals surface area (Å²) in [4.78, 5) is 4.36. The Labute approximate surface area is 178 Å². The van der Waals surface area contributed by atoms with Gasteiger partial charge in [0.05, 0.1) is 11.2 Å². The normalized spacial score (nSPS) is 41.1. The second kappa shape index (κ2) is 5.73. The van der Waals surface area contributed by atoms with Gasteiger partial charge in [-0.3, -0.25) is 4.98 Å². The molecule has 5 atom stereocenters. The lowest BCUT2D eigenvalue weighted by Crippen LogP contribution is -2.53. The quantitative estimate of drug-likeness (QED) is 0.540. The van der Waals surface area contributed by atoms with Crippen molar-refractivity contribution >= 4 is 10.8 Å². The molecule has 0 amide bonds. The van der Waals surface area contributed by atoms with E-state index in [4.69, 9.17) is 4.74 Å². The van der Waals surface area contributed by atoms with Gasteiger partial charge in [-0.25, -0.2) is 0 Å². The van der Waals surface area contributed by atoms with Crippen molar-refractivity contribution in [3.05, 3.63) is 77.7 Å². The van der Waals surface area contributed by atoms with E-state index in [-0.39, 0.29) is 16.6 Å². The molecular formula is C28H29NO. The van der Waals surface area contributed by atoms with E-state index in [1.807, 2.05) is 12.4 Å². The summed E-state index contributed by atoms with van der Waals surface area (Å²) in [6, 6.07) is 9.18. The number of hydrogen-bond donors (Lipinski definition) is 0. The number of nitrogens with zero attached hydrogens (tertiary/aromatic N) is 1. The molecule has 5 aliphatic rings. The molecule has 152 valence electrons. The van der Waals surface area contributed by atoms with Crippen molar-refractivity contribution in [3.63, 3.8) is 0 Å². The third-order valence-electron chi connectivity index (χ3n) is 9.34. The zero-order valence-corrected chi connectivity index (χ0v) is 17.7. The van der Waals surface area contributed by atoms with Crippen LogP contribution in [0.3, 0.4) is 0 Å². The fourth-order valence-electron chi connectivity index (χ4n) is 7.87. The van der Waals surface area contributed by atoms with Crippen LogP contribution in [0.15, 0.2) is 72.1 Å². The number of fused-ring (bicyclic) bond motifs is 2. The topological polar surface area (TPSA) is 22.1 Å². The van der Waals surface area contributed by atoms with E-state index >= 15 is 0 Å². The fourth-order valence-corrected chi connectivity index (χ4v) is 7.87. The standard InChI is InChI=1S/C28H29NO/c1-26-12-9-23-17-22-4-2-3-11-27(22)13-14-28(23,30-27)25(26)8-7-24(26)20-6-5-19-10-15-29-18-21(19)16-20/h2,4-6,9-10,15-18,24-25H,3,7-8,11-14H2,1H3/t24?,25-,26?,27+,28-/m1/s1. The minimum atomic E-state index is -0.0468. The first-order chi connectivity index (χ1) is 14.6. The minimum Gasteiger partial charge on any atom is -0.359 e. The van der Waals surface area contributed by atoms with Gasteiger partial charge in [0.1, 0.15) is 0 Å². The van der Waals surface area contributed by atoms with Crippen LogP contribution in [0, 0.1) is 11.3 Å². The number of rotatable bonds is 1. The van der Waals surface area contributed by atoms with Gasteiger partial charge in [0, 0.05) is 17.8 Å². The smallest absolute Gasteiger partial charge is 0.0975 e. The first-order valence-corrected chi connectivity index (χ1v) is 11.8. The lowest BCUT2D eigenvalue weighted by atomic mass is 9.58. The van der Waals surface area contributed by atoms with E-state index in [0.717, 1.165) is 19.3 Å². The van der Waals surface area contributed by atoms with Crippen LogP contribution in [0.1, 0.15) is 63.4 Å². The lowest BCUT2D eigenvalue weighted by molar-refractivity contribution is -0.128. The van der Waals surface area contributed by atoms with E-state index in [0.29, 0.717) is 11.8 Å². The summed E-state index contributed by atoms with van der Waals surface area (Å²) in [7, 11) is 0. The van der Waals surface area contributed by atoms with Gasteiger partial charge < -0.3 is 4.74 Å². The maximum atomic E-state index is 7.22. The molecule has 2 spiro atoms. The van der Waals surface area contributed by atoms with Crippen LogP contribution in [0.2, 0.25) is 0 Å². The van der Waals surface area contributed by atoms with Crippen LogP contribution in [-0.2, 0) is 4.74 Å². The number of hydrogen-bond acceptors (Lipinski definition) is 2. The van der Waals surface area contributed by atoms with Crippen molar-refractivity contribution in [1.82, 2.24) is 4.98 Å². The van der Waals surface area contributed by atoms with E-state index in [9.17, 15) is 0 Å². The Morgan fingerprint density at radius 3 is 2.97 bits per heavy atom. The van der Waals surface area contributed by atoms with Gasteiger partial charge in [-0.05, 0) is 96.4 Å². The SMILES string of the molecule is CC12CC=C3C=C4C=CCC[C@]45CC[C@]3(O5)[C@@H]1CCC2c1ccc2ccncc2c1. The molecule has 0 N–H and O–H groups in total. The molecular weight excluding hydrogens is 366 g/mol. The molecule has 3 aliphatic carbocycles. The highest BCUT2D eigenvalue weighted by molar-refractivity contribution is 5.82. The van der Waals surface area contributed by atoms with E-state index < -0.39 is 0 Å². The van der Waals surface area contributed by atoms with Gasteiger partial charge in [-0.2, -0.15) is 0 Å². The van der Waals surface area contributed by atoms with Crippen LogP contribution >= 0.6 is 0 Å². The molecule has 1 aromatic carbocycles. The fraction of sp³-hybridized carbons (Fsp3) is 0.464. The van der Waals surface area contributed by atoms with E-state index in [1.54, 1.807) is 0 Å². The third kappa shape index (κ3) is 2.06. The molecule has 2 aliphatic heterocycles. The summed E-state index contributed by atoms with van der Waals surface area (Å²) in [5.41, 5.74) is 4.64. The molecule has 2 heteroatoms. The van der Waals surface area contributed by atoms with Gasteiger partial charge in [0.25, 0.3) is 0 Å². The monoisotopic (exact) mass is 395 g/mol. The molecule has 3 heterocycles. The molecule has 7 rings (SSSR count). The number of benzene rings is 1. The van der Waals surface area contributed by atoms with Crippen LogP contribution in [-0.4, -0.2) is 16.2 Å². The van der Waals surface area contributed by atoms with Crippen molar-refractivity contribution in [2.75, 3.05) is 0 Å². The highest BCUT2D eigenvalue weighted by Crippen LogP contribution is 2.68. The van der Waals surface area contributed by atoms with E-state index in [2.05, 4.69) is 60.5 Å². The molecule has 1 aromatic heterocycles. The van der Waals surface area contributed by atoms with Crippen molar-refractivity contribution in [3.8, 4) is 0 Å². The van der Waals surface area contributed by atoms with E-state index in [1.165, 1.54) is 53.2 Å². The Bertz CT molecular complexity index is 1160.